The zero-order chi connectivity index (χ0) is 19.8. The number of carbonyl (C=O) groups excluding carboxylic acids is 1. The van der Waals surface area contributed by atoms with Crippen LogP contribution in [0.15, 0.2) is 65.3 Å². The predicted molar refractivity (Wildman–Crippen MR) is 110 cm³/mol. The molecule has 1 saturated carbocycles. The fraction of sp³-hybridized carbons (Fsp3) is 0.375. The summed E-state index contributed by atoms with van der Waals surface area (Å²) in [6, 6.07) is 13.8. The van der Waals surface area contributed by atoms with Gasteiger partial charge in [0.05, 0.1) is 17.7 Å². The SMILES string of the molecule is CC(C)(C)OC(=O)N1C(c2ccccc2)=CC2(C=C1c1ccco1)CCCC2. The first-order chi connectivity index (χ1) is 13.4. The smallest absolute Gasteiger partial charge is 0.419 e. The van der Waals surface area contributed by atoms with E-state index < -0.39 is 11.7 Å². The van der Waals surface area contributed by atoms with Gasteiger partial charge in [-0.15, -0.1) is 0 Å². The van der Waals surface area contributed by atoms with Crippen LogP contribution >= 0.6 is 0 Å². The van der Waals surface area contributed by atoms with Gasteiger partial charge in [-0.2, -0.15) is 0 Å². The van der Waals surface area contributed by atoms with Gasteiger partial charge >= 0.3 is 6.09 Å². The van der Waals surface area contributed by atoms with Gasteiger partial charge in [0.15, 0.2) is 5.76 Å². The number of ether oxygens (including phenoxy) is 1. The van der Waals surface area contributed by atoms with Gasteiger partial charge < -0.3 is 9.15 Å². The van der Waals surface area contributed by atoms with Gasteiger partial charge in [0.2, 0.25) is 0 Å². The fourth-order valence-electron chi connectivity index (χ4n) is 4.10. The number of hydrogen-bond donors (Lipinski definition) is 0. The van der Waals surface area contributed by atoms with Crippen molar-refractivity contribution in [3.05, 3.63) is 72.2 Å². The minimum atomic E-state index is -0.588. The second-order valence-corrected chi connectivity index (χ2v) is 8.66. The monoisotopic (exact) mass is 377 g/mol. The molecule has 0 radical (unpaired) electrons. The molecule has 1 amide bonds. The number of hydrogen-bond acceptors (Lipinski definition) is 3. The molecule has 0 bridgehead atoms. The van der Waals surface area contributed by atoms with Crippen molar-refractivity contribution in [3.8, 4) is 0 Å². The molecule has 2 heterocycles. The number of amides is 1. The summed E-state index contributed by atoms with van der Waals surface area (Å²) < 4.78 is 11.5. The number of benzene rings is 1. The van der Waals surface area contributed by atoms with Crippen LogP contribution in [-0.4, -0.2) is 16.6 Å². The van der Waals surface area contributed by atoms with Gasteiger partial charge in [-0.1, -0.05) is 43.2 Å². The molecule has 0 saturated heterocycles. The largest absolute Gasteiger partial charge is 0.463 e. The van der Waals surface area contributed by atoms with Crippen molar-refractivity contribution in [3.63, 3.8) is 0 Å². The summed E-state index contributed by atoms with van der Waals surface area (Å²) in [7, 11) is 0. The third-order valence-corrected chi connectivity index (χ3v) is 5.28. The summed E-state index contributed by atoms with van der Waals surface area (Å²) in [5.74, 6) is 0.679. The Morgan fingerprint density at radius 2 is 1.68 bits per heavy atom. The standard InChI is InChI=1S/C24H27NO3/c1-23(2,3)28-22(26)25-19(18-10-5-4-6-11-18)16-24(13-7-8-14-24)17-20(25)21-12-9-15-27-21/h4-6,9-12,15-17H,7-8,13-14H2,1-3H3. The van der Waals surface area contributed by atoms with Crippen molar-refractivity contribution in [1.29, 1.82) is 0 Å². The van der Waals surface area contributed by atoms with E-state index in [1.807, 2.05) is 63.2 Å². The molecule has 4 rings (SSSR count). The van der Waals surface area contributed by atoms with E-state index in [0.29, 0.717) is 5.76 Å². The molecule has 1 aliphatic carbocycles. The number of nitrogens with zero attached hydrogens (tertiary/aromatic N) is 1. The van der Waals surface area contributed by atoms with Crippen molar-refractivity contribution in [2.45, 2.75) is 52.1 Å². The number of allylic oxidation sites excluding steroid dienone is 2. The molecular formula is C24H27NO3. The molecule has 28 heavy (non-hydrogen) atoms. The third-order valence-electron chi connectivity index (χ3n) is 5.28. The predicted octanol–water partition coefficient (Wildman–Crippen LogP) is 6.47. The second kappa shape index (κ2) is 7.01. The summed E-state index contributed by atoms with van der Waals surface area (Å²) >= 11 is 0. The first-order valence-electron chi connectivity index (χ1n) is 9.95. The normalized spacial score (nSPS) is 18.8. The Morgan fingerprint density at radius 1 is 1.00 bits per heavy atom. The number of rotatable bonds is 2. The molecule has 1 spiro atoms. The maximum absolute atomic E-state index is 13.3. The Morgan fingerprint density at radius 3 is 2.29 bits per heavy atom. The van der Waals surface area contributed by atoms with Crippen molar-refractivity contribution < 1.29 is 13.9 Å². The second-order valence-electron chi connectivity index (χ2n) is 8.66. The zero-order valence-corrected chi connectivity index (χ0v) is 16.8. The Bertz CT molecular complexity index is 895. The average molecular weight is 377 g/mol. The first kappa shape index (κ1) is 18.6. The van der Waals surface area contributed by atoms with Crippen LogP contribution < -0.4 is 0 Å². The Balaban J connectivity index is 1.87. The van der Waals surface area contributed by atoms with Crippen LogP contribution in [0.1, 0.15) is 57.8 Å². The van der Waals surface area contributed by atoms with Crippen molar-refractivity contribution in [2.24, 2.45) is 5.41 Å². The van der Waals surface area contributed by atoms with E-state index in [2.05, 4.69) is 12.2 Å². The molecule has 0 unspecified atom stereocenters. The molecule has 4 nitrogen and oxygen atoms in total. The number of furan rings is 1. The highest BCUT2D eigenvalue weighted by molar-refractivity contribution is 5.94. The Kier molecular flexibility index (Phi) is 4.66. The maximum atomic E-state index is 13.3. The van der Waals surface area contributed by atoms with Gasteiger partial charge in [-0.25, -0.2) is 9.69 Å². The molecule has 2 aromatic rings. The third kappa shape index (κ3) is 3.64. The van der Waals surface area contributed by atoms with Crippen molar-refractivity contribution in [2.75, 3.05) is 0 Å². The van der Waals surface area contributed by atoms with Crippen LogP contribution in [0.25, 0.3) is 11.4 Å². The molecule has 1 fully saturated rings. The molecule has 0 atom stereocenters. The van der Waals surface area contributed by atoms with Crippen molar-refractivity contribution >= 4 is 17.5 Å². The van der Waals surface area contributed by atoms with Crippen LogP contribution in [0, 0.1) is 5.41 Å². The van der Waals surface area contributed by atoms with Crippen LogP contribution in [0.5, 0.6) is 0 Å². The molecule has 1 aromatic heterocycles. The molecule has 1 aliphatic heterocycles. The van der Waals surface area contributed by atoms with E-state index in [0.717, 1.165) is 29.8 Å². The number of carbonyl (C=O) groups is 1. The van der Waals surface area contributed by atoms with Gasteiger partial charge in [0.1, 0.15) is 5.60 Å². The van der Waals surface area contributed by atoms with Gasteiger partial charge in [0, 0.05) is 5.41 Å². The van der Waals surface area contributed by atoms with Crippen LogP contribution in [0.2, 0.25) is 0 Å². The molecule has 1 aromatic carbocycles. The molecular weight excluding hydrogens is 350 g/mol. The first-order valence-corrected chi connectivity index (χ1v) is 9.95. The van der Waals surface area contributed by atoms with Crippen molar-refractivity contribution in [1.82, 2.24) is 4.90 Å². The quantitative estimate of drug-likeness (QED) is 0.602. The van der Waals surface area contributed by atoms with Crippen LogP contribution in [0.3, 0.4) is 0 Å². The lowest BCUT2D eigenvalue weighted by Gasteiger charge is -2.37. The van der Waals surface area contributed by atoms with Gasteiger partial charge in [0.25, 0.3) is 0 Å². The lowest BCUT2D eigenvalue weighted by atomic mass is 9.80. The zero-order valence-electron chi connectivity index (χ0n) is 16.8. The molecule has 0 N–H and O–H groups in total. The minimum Gasteiger partial charge on any atom is -0.463 e. The van der Waals surface area contributed by atoms with Crippen LogP contribution in [-0.2, 0) is 4.74 Å². The highest BCUT2D eigenvalue weighted by Gasteiger charge is 2.40. The van der Waals surface area contributed by atoms with E-state index in [1.54, 1.807) is 11.2 Å². The lowest BCUT2D eigenvalue weighted by Crippen LogP contribution is -2.37. The molecule has 146 valence electrons. The van der Waals surface area contributed by atoms with Gasteiger partial charge in [-0.05, 0) is 63.5 Å². The topological polar surface area (TPSA) is 42.7 Å². The summed E-state index contributed by atoms with van der Waals surface area (Å²) in [5, 5.41) is 0. The summed E-state index contributed by atoms with van der Waals surface area (Å²) in [6.45, 7) is 5.65. The van der Waals surface area contributed by atoms with E-state index in [4.69, 9.17) is 9.15 Å². The maximum Gasteiger partial charge on any atom is 0.419 e. The Labute approximate surface area is 166 Å². The lowest BCUT2D eigenvalue weighted by molar-refractivity contribution is 0.0421. The summed E-state index contributed by atoms with van der Waals surface area (Å²) in [6.07, 6.45) is 10.2. The fourth-order valence-corrected chi connectivity index (χ4v) is 4.10. The van der Waals surface area contributed by atoms with E-state index in [-0.39, 0.29) is 5.41 Å². The van der Waals surface area contributed by atoms with Crippen LogP contribution in [0.4, 0.5) is 4.79 Å². The highest BCUT2D eigenvalue weighted by atomic mass is 16.6. The summed E-state index contributed by atoms with van der Waals surface area (Å²) in [4.78, 5) is 15.0. The van der Waals surface area contributed by atoms with E-state index in [1.165, 1.54) is 12.8 Å². The van der Waals surface area contributed by atoms with Gasteiger partial charge in [-0.3, -0.25) is 0 Å². The highest BCUT2D eigenvalue weighted by Crippen LogP contribution is 2.49. The van der Waals surface area contributed by atoms with E-state index in [9.17, 15) is 4.79 Å². The minimum absolute atomic E-state index is 0.0498. The molecule has 4 heteroatoms. The average Bonchev–Trinajstić information content (AvgIpc) is 3.33. The molecule has 2 aliphatic rings. The van der Waals surface area contributed by atoms with E-state index >= 15 is 0 Å². The Hall–Kier alpha value is -2.75. The summed E-state index contributed by atoms with van der Waals surface area (Å²) in [5.41, 5.74) is 1.99.